The third-order valence-electron chi connectivity index (χ3n) is 4.07. The van der Waals surface area contributed by atoms with Crippen molar-refractivity contribution in [3.8, 4) is 5.75 Å². The summed E-state index contributed by atoms with van der Waals surface area (Å²) in [5.41, 5.74) is 7.44. The summed E-state index contributed by atoms with van der Waals surface area (Å²) in [4.78, 5) is 35.9. The third-order valence-corrected chi connectivity index (χ3v) is 5.38. The number of benzene rings is 2. The maximum atomic E-state index is 12.1. The van der Waals surface area contributed by atoms with Gasteiger partial charge in [-0.15, -0.1) is 0 Å². The highest BCUT2D eigenvalue weighted by Crippen LogP contribution is 2.28. The first-order valence-electron chi connectivity index (χ1n) is 9.47. The number of hydrogen-bond donors (Lipinski definition) is 4. The Morgan fingerprint density at radius 3 is 2.38 bits per heavy atom. The van der Waals surface area contributed by atoms with Crippen molar-refractivity contribution in [1.29, 1.82) is 0 Å². The molecule has 0 aliphatic carbocycles. The molecule has 0 fully saturated rings. The molecule has 0 aliphatic heterocycles. The van der Waals surface area contributed by atoms with Crippen molar-refractivity contribution in [2.24, 2.45) is 0 Å². The summed E-state index contributed by atoms with van der Waals surface area (Å²) in [5.74, 6) is -0.733. The fourth-order valence-corrected chi connectivity index (χ4v) is 3.76. The molecule has 0 saturated carbocycles. The minimum absolute atomic E-state index is 0.00404. The molecule has 0 bridgehead atoms. The van der Waals surface area contributed by atoms with Gasteiger partial charge in [-0.1, -0.05) is 28.1 Å². The number of carbonyl (C=O) groups excluding carboxylic acids is 3. The van der Waals surface area contributed by atoms with Gasteiger partial charge in [0.2, 0.25) is 11.8 Å². The Kier molecular flexibility index (Phi) is 10.1. The molecule has 2 rings (SSSR count). The average molecular weight is 586 g/mol. The number of hydrogen-bond acceptors (Lipinski definition) is 5. The molecule has 32 heavy (non-hydrogen) atoms. The Hall–Kier alpha value is -2.50. The molecule has 0 heterocycles. The summed E-state index contributed by atoms with van der Waals surface area (Å²) in [6.45, 7) is 3.56. The summed E-state index contributed by atoms with van der Waals surface area (Å²) < 4.78 is 6.97. The van der Waals surface area contributed by atoms with Gasteiger partial charge in [-0.2, -0.15) is 0 Å². The maximum absolute atomic E-state index is 12.1. The molecule has 11 heteroatoms. The molecule has 0 spiro atoms. The second-order valence-corrected chi connectivity index (χ2v) is 8.96. The van der Waals surface area contributed by atoms with Gasteiger partial charge in [0.25, 0.3) is 5.91 Å². The average Bonchev–Trinajstić information content (AvgIpc) is 2.72. The predicted molar refractivity (Wildman–Crippen MR) is 133 cm³/mol. The zero-order valence-corrected chi connectivity index (χ0v) is 21.4. The molecule has 2 aromatic carbocycles. The van der Waals surface area contributed by atoms with Gasteiger partial charge < -0.3 is 10.1 Å². The Morgan fingerprint density at radius 1 is 0.938 bits per heavy atom. The van der Waals surface area contributed by atoms with Gasteiger partial charge in [-0.25, -0.2) is 0 Å². The molecule has 0 saturated heterocycles. The molecular weight excluding hydrogens is 564 g/mol. The summed E-state index contributed by atoms with van der Waals surface area (Å²) in [7, 11) is 0. The molecule has 3 amide bonds. The van der Waals surface area contributed by atoms with E-state index in [-0.39, 0.29) is 30.5 Å². The van der Waals surface area contributed by atoms with Gasteiger partial charge >= 0.3 is 0 Å². The number of aryl methyl sites for hydroxylation is 2. The van der Waals surface area contributed by atoms with Crippen LogP contribution in [-0.4, -0.2) is 29.4 Å². The van der Waals surface area contributed by atoms with E-state index in [1.54, 1.807) is 18.2 Å². The van der Waals surface area contributed by atoms with Crippen LogP contribution in [0.1, 0.15) is 24.0 Å². The standard InChI is InChI=1S/C21H22Br2N4O4S/c1-12-3-4-13(2)16(9-12)24-18(28)7-8-19(29)26-27-21(32)25-20(30)11-31-17-6-5-14(22)10-15(17)23/h3-6,9-10H,7-8,11H2,1-2H3,(H,24,28)(H,26,29)(H2,25,27,30,32). The lowest BCUT2D eigenvalue weighted by Gasteiger charge is -2.12. The molecule has 8 nitrogen and oxygen atoms in total. The maximum Gasteiger partial charge on any atom is 0.264 e. The number of ether oxygens (including phenoxy) is 1. The SMILES string of the molecule is Cc1ccc(C)c(NC(=O)CCC(=O)NNC(=S)NC(=O)COc2ccc(Br)cc2Br)c1. The van der Waals surface area contributed by atoms with Crippen molar-refractivity contribution in [3.05, 3.63) is 56.5 Å². The summed E-state index contributed by atoms with van der Waals surface area (Å²) in [6.07, 6.45) is -0.0586. The number of nitrogens with one attached hydrogen (secondary N) is 4. The van der Waals surface area contributed by atoms with E-state index < -0.39 is 11.8 Å². The van der Waals surface area contributed by atoms with Crippen LogP contribution in [-0.2, 0) is 14.4 Å². The number of thiocarbonyl (C=S) groups is 1. The van der Waals surface area contributed by atoms with E-state index in [1.807, 2.05) is 32.0 Å². The lowest BCUT2D eigenvalue weighted by molar-refractivity contribution is -0.125. The van der Waals surface area contributed by atoms with Crippen LogP contribution in [0.4, 0.5) is 5.69 Å². The molecule has 0 unspecified atom stereocenters. The largest absolute Gasteiger partial charge is 0.483 e. The van der Waals surface area contributed by atoms with E-state index in [4.69, 9.17) is 17.0 Å². The molecule has 0 aromatic heterocycles. The first kappa shape index (κ1) is 25.8. The van der Waals surface area contributed by atoms with Crippen LogP contribution >= 0.6 is 44.1 Å². The minimum atomic E-state index is -0.500. The number of anilines is 1. The van der Waals surface area contributed by atoms with Crippen LogP contribution < -0.4 is 26.2 Å². The second kappa shape index (κ2) is 12.5. The highest BCUT2D eigenvalue weighted by molar-refractivity contribution is 9.11. The second-order valence-electron chi connectivity index (χ2n) is 6.78. The van der Waals surface area contributed by atoms with Gasteiger partial charge in [0.1, 0.15) is 5.75 Å². The van der Waals surface area contributed by atoms with Crippen molar-refractivity contribution >= 4 is 72.6 Å². The van der Waals surface area contributed by atoms with E-state index in [2.05, 4.69) is 53.3 Å². The smallest absolute Gasteiger partial charge is 0.264 e. The first-order valence-corrected chi connectivity index (χ1v) is 11.5. The van der Waals surface area contributed by atoms with E-state index in [0.29, 0.717) is 10.2 Å². The monoisotopic (exact) mass is 584 g/mol. The van der Waals surface area contributed by atoms with Gasteiger partial charge in [0, 0.05) is 23.0 Å². The lowest BCUT2D eigenvalue weighted by Crippen LogP contribution is -2.49. The highest BCUT2D eigenvalue weighted by Gasteiger charge is 2.11. The summed E-state index contributed by atoms with van der Waals surface area (Å²) >= 11 is 11.6. The Labute approximate surface area is 208 Å². The van der Waals surface area contributed by atoms with E-state index in [1.165, 1.54) is 0 Å². The molecular formula is C21H22Br2N4O4S. The third kappa shape index (κ3) is 8.93. The molecule has 0 radical (unpaired) electrons. The number of rotatable bonds is 7. The van der Waals surface area contributed by atoms with Crippen LogP contribution in [0.15, 0.2) is 45.3 Å². The van der Waals surface area contributed by atoms with Gasteiger partial charge in [-0.3, -0.25) is 30.6 Å². The Balaban J connectivity index is 1.66. The molecule has 0 atom stereocenters. The van der Waals surface area contributed by atoms with Crippen LogP contribution in [0.3, 0.4) is 0 Å². The molecule has 4 N–H and O–H groups in total. The lowest BCUT2D eigenvalue weighted by atomic mass is 10.1. The summed E-state index contributed by atoms with van der Waals surface area (Å²) in [6, 6.07) is 11.0. The highest BCUT2D eigenvalue weighted by atomic mass is 79.9. The quantitative estimate of drug-likeness (QED) is 0.292. The van der Waals surface area contributed by atoms with Gasteiger partial charge in [-0.05, 0) is 77.4 Å². The number of hydrazine groups is 1. The molecule has 170 valence electrons. The summed E-state index contributed by atoms with van der Waals surface area (Å²) in [5, 5.41) is 5.08. The van der Waals surface area contributed by atoms with Crippen molar-refractivity contribution in [3.63, 3.8) is 0 Å². The number of halogens is 2. The van der Waals surface area contributed by atoms with Crippen LogP contribution in [0.25, 0.3) is 0 Å². The van der Waals surface area contributed by atoms with E-state index in [9.17, 15) is 14.4 Å². The molecule has 2 aromatic rings. The van der Waals surface area contributed by atoms with Crippen molar-refractivity contribution < 1.29 is 19.1 Å². The van der Waals surface area contributed by atoms with Crippen LogP contribution in [0, 0.1) is 13.8 Å². The topological polar surface area (TPSA) is 109 Å². The van der Waals surface area contributed by atoms with Gasteiger partial charge in [0.15, 0.2) is 11.7 Å². The minimum Gasteiger partial charge on any atom is -0.483 e. The normalized spacial score (nSPS) is 10.1. The Bertz CT molecular complexity index is 1030. The predicted octanol–water partition coefficient (Wildman–Crippen LogP) is 3.65. The zero-order chi connectivity index (χ0) is 23.7. The van der Waals surface area contributed by atoms with Crippen molar-refractivity contribution in [1.82, 2.24) is 16.2 Å². The number of carbonyl (C=O) groups is 3. The Morgan fingerprint density at radius 2 is 1.66 bits per heavy atom. The fraction of sp³-hybridized carbons (Fsp3) is 0.238. The molecule has 0 aliphatic rings. The fourth-order valence-electron chi connectivity index (χ4n) is 2.43. The zero-order valence-electron chi connectivity index (χ0n) is 17.4. The van der Waals surface area contributed by atoms with Crippen molar-refractivity contribution in [2.75, 3.05) is 11.9 Å². The first-order chi connectivity index (χ1) is 15.1. The van der Waals surface area contributed by atoms with Crippen LogP contribution in [0.2, 0.25) is 0 Å². The van der Waals surface area contributed by atoms with E-state index in [0.717, 1.165) is 21.3 Å². The van der Waals surface area contributed by atoms with Crippen LogP contribution in [0.5, 0.6) is 5.75 Å². The van der Waals surface area contributed by atoms with Crippen molar-refractivity contribution in [2.45, 2.75) is 26.7 Å². The number of amides is 3. The van der Waals surface area contributed by atoms with E-state index >= 15 is 0 Å². The van der Waals surface area contributed by atoms with Gasteiger partial charge in [0.05, 0.1) is 4.47 Å².